The van der Waals surface area contributed by atoms with Gasteiger partial charge in [0.1, 0.15) is 6.10 Å². The average molecular weight is 737 g/mol. The second-order valence-electron chi connectivity index (χ2n) is 10.8. The summed E-state index contributed by atoms with van der Waals surface area (Å²) in [5, 5.41) is 16.6. The number of aromatic nitrogens is 2. The molecule has 0 radical (unpaired) electrons. The van der Waals surface area contributed by atoms with Crippen molar-refractivity contribution in [3.05, 3.63) is 71.7 Å². The van der Waals surface area contributed by atoms with Gasteiger partial charge in [-0.15, -0.1) is 22.7 Å². The van der Waals surface area contributed by atoms with Crippen molar-refractivity contribution in [2.24, 2.45) is 0 Å². The van der Waals surface area contributed by atoms with Crippen molar-refractivity contribution in [3.8, 4) is 0 Å². The number of carbonyl (C=O) groups excluding carboxylic acids is 2. The lowest BCUT2D eigenvalue weighted by Gasteiger charge is -2.16. The van der Waals surface area contributed by atoms with Crippen LogP contribution in [0.5, 0.6) is 0 Å². The molecular weight excluding hydrogens is 705 g/mol. The standard InChI is InChI=1S/C16H19N3O5S2.C13H13N3O4S2/c1-16(2)23-13(14(20)24-16)7-8-17-11-3-5-12(6-4-11)26(21,22)19-15-18-9-10-25-15;17-11-5-7-16(12(11)18)9-1-3-10(4-2-9)22(19,20)15-13-14-6-8-21-13/h3-6,9-10,13,17H,7-8H2,1-2H3,(H,18,19);1-4,6,8,11,17H,5,7H2,(H,14,15)/t13-;11-/m11/s1. The van der Waals surface area contributed by atoms with Gasteiger partial charge in [0.05, 0.1) is 9.79 Å². The first-order valence-corrected chi connectivity index (χ1v) is 19.1. The molecule has 1 amide bonds. The average Bonchev–Trinajstić information content (AvgIpc) is 3.84. The van der Waals surface area contributed by atoms with E-state index in [0.717, 1.165) is 5.69 Å². The molecule has 19 heteroatoms. The monoisotopic (exact) mass is 736 g/mol. The van der Waals surface area contributed by atoms with Crippen molar-refractivity contribution in [1.29, 1.82) is 0 Å². The van der Waals surface area contributed by atoms with Gasteiger partial charge in [0.25, 0.3) is 26.0 Å². The van der Waals surface area contributed by atoms with Gasteiger partial charge in [-0.1, -0.05) is 0 Å². The predicted molar refractivity (Wildman–Crippen MR) is 180 cm³/mol. The van der Waals surface area contributed by atoms with Gasteiger partial charge in [0.2, 0.25) is 5.79 Å². The summed E-state index contributed by atoms with van der Waals surface area (Å²) in [7, 11) is -7.37. The van der Waals surface area contributed by atoms with Crippen LogP contribution in [0.25, 0.3) is 0 Å². The highest BCUT2D eigenvalue weighted by molar-refractivity contribution is 7.93. The van der Waals surface area contributed by atoms with E-state index >= 15 is 0 Å². The lowest BCUT2D eigenvalue weighted by atomic mass is 10.2. The largest absolute Gasteiger partial charge is 0.432 e. The fourth-order valence-electron chi connectivity index (χ4n) is 4.62. The maximum atomic E-state index is 12.3. The molecule has 2 aromatic heterocycles. The number of anilines is 4. The number of aliphatic hydroxyl groups excluding tert-OH is 1. The summed E-state index contributed by atoms with van der Waals surface area (Å²) in [5.74, 6) is -1.62. The first-order valence-electron chi connectivity index (χ1n) is 14.4. The number of rotatable bonds is 11. The predicted octanol–water partition coefficient (Wildman–Crippen LogP) is 3.47. The summed E-state index contributed by atoms with van der Waals surface area (Å²) in [6.45, 7) is 4.29. The Bertz CT molecular complexity index is 1920. The zero-order valence-electron chi connectivity index (χ0n) is 25.6. The van der Waals surface area contributed by atoms with Gasteiger partial charge >= 0.3 is 5.97 Å². The quantitative estimate of drug-likeness (QED) is 0.163. The van der Waals surface area contributed by atoms with Crippen LogP contribution in [0, 0.1) is 0 Å². The highest BCUT2D eigenvalue weighted by atomic mass is 32.2. The Morgan fingerprint density at radius 3 is 1.88 bits per heavy atom. The van der Waals surface area contributed by atoms with Crippen molar-refractivity contribution in [2.75, 3.05) is 32.8 Å². The molecule has 4 heterocycles. The Hall–Kier alpha value is -4.14. The number of hydrogen-bond acceptors (Lipinski definition) is 14. The molecule has 2 aliphatic heterocycles. The topological polar surface area (TPSA) is 206 Å². The smallest absolute Gasteiger partial charge is 0.337 e. The number of thiazole rings is 2. The number of ether oxygens (including phenoxy) is 2. The number of amides is 1. The second kappa shape index (κ2) is 14.5. The third-order valence-corrected chi connectivity index (χ3v) is 11.2. The Morgan fingerprint density at radius 2 is 1.44 bits per heavy atom. The summed E-state index contributed by atoms with van der Waals surface area (Å²) in [6, 6.07) is 12.3. The van der Waals surface area contributed by atoms with Crippen LogP contribution >= 0.6 is 22.7 Å². The molecule has 0 aliphatic carbocycles. The molecule has 2 atom stereocenters. The van der Waals surface area contributed by atoms with Crippen LogP contribution in [-0.4, -0.2) is 74.9 Å². The van der Waals surface area contributed by atoms with E-state index in [1.165, 1.54) is 64.2 Å². The molecule has 4 N–H and O–H groups in total. The fourth-order valence-corrected chi connectivity index (χ4v) is 8.20. The van der Waals surface area contributed by atoms with Gasteiger partial charge in [-0.3, -0.25) is 14.2 Å². The van der Waals surface area contributed by atoms with Gasteiger partial charge in [-0.2, -0.15) is 0 Å². The van der Waals surface area contributed by atoms with Crippen molar-refractivity contribution in [2.45, 2.75) is 54.5 Å². The molecule has 2 fully saturated rings. The van der Waals surface area contributed by atoms with E-state index in [2.05, 4.69) is 24.7 Å². The van der Waals surface area contributed by atoms with E-state index in [0.29, 0.717) is 41.9 Å². The number of benzene rings is 2. The van der Waals surface area contributed by atoms with E-state index in [9.17, 15) is 31.5 Å². The first kappa shape index (κ1) is 35.2. The molecule has 2 aliphatic rings. The molecule has 0 unspecified atom stereocenters. The Kier molecular flexibility index (Phi) is 10.7. The zero-order valence-corrected chi connectivity index (χ0v) is 28.9. The Labute approximate surface area is 285 Å². The molecule has 2 aromatic carbocycles. The number of sulfonamides is 2. The summed E-state index contributed by atoms with van der Waals surface area (Å²) >= 11 is 2.39. The molecule has 4 aromatic rings. The maximum absolute atomic E-state index is 12.3. The van der Waals surface area contributed by atoms with Gasteiger partial charge < -0.3 is 24.8 Å². The van der Waals surface area contributed by atoms with E-state index in [4.69, 9.17) is 9.47 Å². The minimum Gasteiger partial charge on any atom is -0.432 e. The molecule has 256 valence electrons. The van der Waals surface area contributed by atoms with E-state index < -0.39 is 38.0 Å². The van der Waals surface area contributed by atoms with Crippen molar-refractivity contribution in [1.82, 2.24) is 9.97 Å². The summed E-state index contributed by atoms with van der Waals surface area (Å²) in [5.41, 5.74) is 1.30. The Morgan fingerprint density at radius 1 is 0.896 bits per heavy atom. The number of nitrogens with one attached hydrogen (secondary N) is 3. The third-order valence-electron chi connectivity index (χ3n) is 6.88. The molecule has 0 spiro atoms. The van der Waals surface area contributed by atoms with Crippen LogP contribution in [-0.2, 0) is 39.1 Å². The molecule has 6 rings (SSSR count). The summed E-state index contributed by atoms with van der Waals surface area (Å²) in [6.07, 6.45) is 2.30. The minimum atomic E-state index is -3.70. The van der Waals surface area contributed by atoms with E-state index in [1.807, 2.05) is 0 Å². The number of nitrogens with zero attached hydrogens (tertiary/aromatic N) is 3. The number of hydrogen-bond donors (Lipinski definition) is 4. The number of aliphatic hydroxyl groups is 1. The minimum absolute atomic E-state index is 0.0821. The van der Waals surface area contributed by atoms with Gasteiger partial charge in [0.15, 0.2) is 16.4 Å². The number of esters is 1. The molecule has 0 bridgehead atoms. The lowest BCUT2D eigenvalue weighted by Crippen LogP contribution is -2.29. The van der Waals surface area contributed by atoms with Crippen LogP contribution < -0.4 is 19.7 Å². The number of cyclic esters (lactones) is 1. The molecule has 2 saturated heterocycles. The second-order valence-corrected chi connectivity index (χ2v) is 16.0. The summed E-state index contributed by atoms with van der Waals surface area (Å²) < 4.78 is 64.3. The van der Waals surface area contributed by atoms with Crippen LogP contribution in [0.4, 0.5) is 21.6 Å². The third kappa shape index (κ3) is 8.85. The van der Waals surface area contributed by atoms with Crippen molar-refractivity contribution in [3.63, 3.8) is 0 Å². The van der Waals surface area contributed by atoms with Crippen LogP contribution in [0.1, 0.15) is 26.7 Å². The van der Waals surface area contributed by atoms with E-state index in [1.54, 1.807) is 48.9 Å². The highest BCUT2D eigenvalue weighted by Crippen LogP contribution is 2.27. The SMILES string of the molecule is CC1(C)OC(=O)[C@@H](CCNc2ccc(S(=O)(=O)Nc3nccs3)cc2)O1.O=C1[C@H](O)CCN1c1ccc(S(=O)(=O)Nc2nccs2)cc1. The molecule has 15 nitrogen and oxygen atoms in total. The lowest BCUT2D eigenvalue weighted by molar-refractivity contribution is -0.160. The molecule has 48 heavy (non-hydrogen) atoms. The molecule has 0 saturated carbocycles. The molecular formula is C29H32N6O9S4. The van der Waals surface area contributed by atoms with Gasteiger partial charge in [0, 0.05) is 74.3 Å². The van der Waals surface area contributed by atoms with Crippen LogP contribution in [0.3, 0.4) is 0 Å². The normalized spacial score (nSPS) is 18.9. The van der Waals surface area contributed by atoms with Crippen molar-refractivity contribution >= 4 is 76.2 Å². The van der Waals surface area contributed by atoms with Crippen LogP contribution in [0.2, 0.25) is 0 Å². The summed E-state index contributed by atoms with van der Waals surface area (Å²) in [4.78, 5) is 32.8. The van der Waals surface area contributed by atoms with Crippen molar-refractivity contribution < 1.29 is 41.0 Å². The van der Waals surface area contributed by atoms with E-state index in [-0.39, 0.29) is 21.7 Å². The highest BCUT2D eigenvalue weighted by Gasteiger charge is 2.40. The fraction of sp³-hybridized carbons (Fsp3) is 0.310. The maximum Gasteiger partial charge on any atom is 0.337 e. The number of carbonyl (C=O) groups is 2. The zero-order chi connectivity index (χ0) is 34.5. The first-order chi connectivity index (χ1) is 22.7. The Balaban J connectivity index is 0.000000190. The van der Waals surface area contributed by atoms with Gasteiger partial charge in [-0.25, -0.2) is 31.6 Å². The van der Waals surface area contributed by atoms with Crippen LogP contribution in [0.15, 0.2) is 81.5 Å². The van der Waals surface area contributed by atoms with Gasteiger partial charge in [-0.05, 0) is 48.5 Å².